The molecule has 1 saturated carbocycles. The maximum absolute atomic E-state index is 13.5. The number of amides is 2. The molecule has 3 rings (SSSR count). The molecule has 1 saturated heterocycles. The highest BCUT2D eigenvalue weighted by molar-refractivity contribution is 5.79. The fourth-order valence-electron chi connectivity index (χ4n) is 4.07. The Morgan fingerprint density at radius 3 is 2.53 bits per heavy atom. The second-order valence-electron chi connectivity index (χ2n) is 8.03. The second-order valence-corrected chi connectivity index (χ2v) is 8.03. The fourth-order valence-corrected chi connectivity index (χ4v) is 4.07. The first-order valence-electron chi connectivity index (χ1n) is 10.9. The maximum Gasteiger partial charge on any atom is 0.225 e. The Bertz CT molecular complexity index is 718. The first kappa shape index (κ1) is 22.5. The number of nitrogens with one attached hydrogen (secondary N) is 1. The predicted octanol–water partition coefficient (Wildman–Crippen LogP) is 2.57. The first-order chi connectivity index (χ1) is 14.5. The molecule has 1 heterocycles. The van der Waals surface area contributed by atoms with Crippen molar-refractivity contribution in [3.63, 3.8) is 0 Å². The van der Waals surface area contributed by atoms with Crippen molar-refractivity contribution < 1.29 is 23.1 Å². The fraction of sp³-hybridized carbons (Fsp3) is 0.636. The third kappa shape index (κ3) is 6.65. The van der Waals surface area contributed by atoms with E-state index in [1.54, 1.807) is 0 Å². The van der Waals surface area contributed by atoms with E-state index in [2.05, 4.69) is 10.2 Å². The Hall–Kier alpha value is -2.22. The molecule has 2 fully saturated rings. The number of carbonyl (C=O) groups is 2. The van der Waals surface area contributed by atoms with E-state index in [0.29, 0.717) is 18.9 Å². The van der Waals surface area contributed by atoms with E-state index in [4.69, 9.17) is 4.74 Å². The smallest absolute Gasteiger partial charge is 0.225 e. The molecule has 1 aromatic carbocycles. The highest BCUT2D eigenvalue weighted by Gasteiger charge is 2.29. The molecular formula is C22H31F2N3O3. The van der Waals surface area contributed by atoms with E-state index >= 15 is 0 Å². The summed E-state index contributed by atoms with van der Waals surface area (Å²) >= 11 is 0. The van der Waals surface area contributed by atoms with Crippen LogP contribution in [0.3, 0.4) is 0 Å². The zero-order valence-corrected chi connectivity index (χ0v) is 17.4. The van der Waals surface area contributed by atoms with Crippen LogP contribution in [0.15, 0.2) is 18.2 Å². The molecule has 30 heavy (non-hydrogen) atoms. The van der Waals surface area contributed by atoms with Crippen LogP contribution in [0.4, 0.5) is 8.78 Å². The van der Waals surface area contributed by atoms with Crippen LogP contribution < -0.4 is 10.1 Å². The number of hydrogen-bond acceptors (Lipinski definition) is 4. The molecule has 2 aliphatic rings. The lowest BCUT2D eigenvalue weighted by molar-refractivity contribution is -0.137. The van der Waals surface area contributed by atoms with Gasteiger partial charge in [0.2, 0.25) is 11.8 Å². The Labute approximate surface area is 176 Å². The molecule has 0 aromatic heterocycles. The molecule has 0 atom stereocenters. The Morgan fingerprint density at radius 2 is 1.83 bits per heavy atom. The Kier molecular flexibility index (Phi) is 8.42. The zero-order valence-electron chi connectivity index (χ0n) is 17.4. The van der Waals surface area contributed by atoms with Crippen molar-refractivity contribution in [3.8, 4) is 5.75 Å². The summed E-state index contributed by atoms with van der Waals surface area (Å²) in [6.07, 6.45) is 5.15. The number of hydrogen-bond donors (Lipinski definition) is 1. The third-order valence-electron chi connectivity index (χ3n) is 5.84. The molecular weight excluding hydrogens is 392 g/mol. The molecule has 6 nitrogen and oxygen atoms in total. The average Bonchev–Trinajstić information content (AvgIpc) is 3.27. The van der Waals surface area contributed by atoms with E-state index < -0.39 is 11.6 Å². The standard InChI is InChI=1S/C22H31F2N3O3/c23-18-7-8-20(19(24)16-18)30-15-3-6-21(28)25-9-10-26-11-13-27(14-12-26)22(29)17-4-1-2-5-17/h7-8,16-17H,1-6,9-15H2,(H,25,28). The van der Waals surface area contributed by atoms with E-state index in [1.165, 1.54) is 18.9 Å². The lowest BCUT2D eigenvalue weighted by Gasteiger charge is -2.36. The van der Waals surface area contributed by atoms with Crippen molar-refractivity contribution in [2.24, 2.45) is 5.92 Å². The minimum absolute atomic E-state index is 0.0117. The normalized spacial score (nSPS) is 17.9. The maximum atomic E-state index is 13.5. The number of piperazine rings is 1. The number of nitrogens with zero attached hydrogens (tertiary/aromatic N) is 2. The van der Waals surface area contributed by atoms with Crippen LogP contribution in [0.1, 0.15) is 38.5 Å². The predicted molar refractivity (Wildman–Crippen MR) is 109 cm³/mol. The Balaban J connectivity index is 1.23. The van der Waals surface area contributed by atoms with E-state index in [0.717, 1.165) is 57.7 Å². The second kappa shape index (κ2) is 11.2. The summed E-state index contributed by atoms with van der Waals surface area (Å²) < 4.78 is 31.5. The topological polar surface area (TPSA) is 61.9 Å². The summed E-state index contributed by atoms with van der Waals surface area (Å²) in [6.45, 7) is 4.71. The first-order valence-corrected chi connectivity index (χ1v) is 10.9. The SMILES string of the molecule is O=C(CCCOc1ccc(F)cc1F)NCCN1CCN(C(=O)C2CCCC2)CC1. The van der Waals surface area contributed by atoms with Crippen molar-refractivity contribution in [2.45, 2.75) is 38.5 Å². The van der Waals surface area contributed by atoms with Crippen molar-refractivity contribution >= 4 is 11.8 Å². The summed E-state index contributed by atoms with van der Waals surface area (Å²) in [5, 5.41) is 2.89. The minimum Gasteiger partial charge on any atom is -0.491 e. The van der Waals surface area contributed by atoms with Crippen LogP contribution in [0, 0.1) is 17.6 Å². The molecule has 1 aromatic rings. The van der Waals surface area contributed by atoms with E-state index in [-0.39, 0.29) is 30.6 Å². The van der Waals surface area contributed by atoms with Gasteiger partial charge in [0.25, 0.3) is 0 Å². The van der Waals surface area contributed by atoms with Crippen LogP contribution in [-0.4, -0.2) is 67.5 Å². The van der Waals surface area contributed by atoms with Crippen molar-refractivity contribution in [2.75, 3.05) is 45.9 Å². The molecule has 8 heteroatoms. The number of carbonyl (C=O) groups excluding carboxylic acids is 2. The van der Waals surface area contributed by atoms with Gasteiger partial charge >= 0.3 is 0 Å². The minimum atomic E-state index is -0.746. The van der Waals surface area contributed by atoms with Crippen LogP contribution in [0.2, 0.25) is 0 Å². The van der Waals surface area contributed by atoms with E-state index in [1.807, 2.05) is 4.90 Å². The average molecular weight is 424 g/mol. The molecule has 1 N–H and O–H groups in total. The van der Waals surface area contributed by atoms with Gasteiger partial charge in [-0.3, -0.25) is 14.5 Å². The third-order valence-corrected chi connectivity index (χ3v) is 5.84. The highest BCUT2D eigenvalue weighted by Crippen LogP contribution is 2.26. The molecule has 166 valence electrons. The van der Waals surface area contributed by atoms with Gasteiger partial charge in [0, 0.05) is 57.7 Å². The van der Waals surface area contributed by atoms with Gasteiger partial charge in [0.1, 0.15) is 5.82 Å². The lowest BCUT2D eigenvalue weighted by atomic mass is 10.1. The van der Waals surface area contributed by atoms with Gasteiger partial charge in [-0.15, -0.1) is 0 Å². The molecule has 0 spiro atoms. The van der Waals surface area contributed by atoms with Gasteiger partial charge in [-0.25, -0.2) is 8.78 Å². The molecule has 1 aliphatic heterocycles. The lowest BCUT2D eigenvalue weighted by Crippen LogP contribution is -2.51. The van der Waals surface area contributed by atoms with Gasteiger partial charge < -0.3 is 15.0 Å². The summed E-state index contributed by atoms with van der Waals surface area (Å²) in [7, 11) is 0. The monoisotopic (exact) mass is 423 g/mol. The summed E-state index contributed by atoms with van der Waals surface area (Å²) in [5.41, 5.74) is 0. The van der Waals surface area contributed by atoms with Crippen molar-refractivity contribution in [1.29, 1.82) is 0 Å². The zero-order chi connectivity index (χ0) is 21.3. The van der Waals surface area contributed by atoms with Crippen molar-refractivity contribution in [1.82, 2.24) is 15.1 Å². The molecule has 0 bridgehead atoms. The molecule has 1 aliphatic carbocycles. The van der Waals surface area contributed by atoms with Crippen LogP contribution in [-0.2, 0) is 9.59 Å². The van der Waals surface area contributed by atoms with Gasteiger partial charge in [-0.2, -0.15) is 0 Å². The number of benzene rings is 1. The summed E-state index contributed by atoms with van der Waals surface area (Å²) in [4.78, 5) is 28.7. The summed E-state index contributed by atoms with van der Waals surface area (Å²) in [6, 6.07) is 3.15. The molecule has 0 radical (unpaired) electrons. The quantitative estimate of drug-likeness (QED) is 0.621. The number of ether oxygens (including phenoxy) is 1. The van der Waals surface area contributed by atoms with Gasteiger partial charge in [-0.05, 0) is 31.4 Å². The number of halogens is 2. The van der Waals surface area contributed by atoms with Crippen LogP contribution in [0.25, 0.3) is 0 Å². The van der Waals surface area contributed by atoms with Crippen LogP contribution in [0.5, 0.6) is 5.75 Å². The summed E-state index contributed by atoms with van der Waals surface area (Å²) in [5.74, 6) is -0.927. The van der Waals surface area contributed by atoms with E-state index in [9.17, 15) is 18.4 Å². The largest absolute Gasteiger partial charge is 0.491 e. The number of rotatable bonds is 9. The molecule has 0 unspecified atom stereocenters. The highest BCUT2D eigenvalue weighted by atomic mass is 19.1. The molecule has 2 amide bonds. The van der Waals surface area contributed by atoms with Crippen LogP contribution >= 0.6 is 0 Å². The van der Waals surface area contributed by atoms with Crippen molar-refractivity contribution in [3.05, 3.63) is 29.8 Å². The Morgan fingerprint density at radius 1 is 1.10 bits per heavy atom. The van der Waals surface area contributed by atoms with Gasteiger partial charge in [0.05, 0.1) is 6.61 Å². The van der Waals surface area contributed by atoms with Gasteiger partial charge in [0.15, 0.2) is 11.6 Å². The van der Waals surface area contributed by atoms with Gasteiger partial charge in [-0.1, -0.05) is 12.8 Å².